The maximum Gasteiger partial charge on any atom is 0.220 e. The van der Waals surface area contributed by atoms with Gasteiger partial charge in [0.1, 0.15) is 0 Å². The van der Waals surface area contributed by atoms with E-state index in [0.29, 0.717) is 18.3 Å². The monoisotopic (exact) mass is 366 g/mol. The average Bonchev–Trinajstić information content (AvgIpc) is 2.99. The molecule has 1 amide bonds. The minimum Gasteiger partial charge on any atom is -0.356 e. The fraction of sp³-hybridized carbons (Fsp3) is 0.526. The summed E-state index contributed by atoms with van der Waals surface area (Å²) in [5, 5.41) is 10.1. The predicted octanol–water partition coefficient (Wildman–Crippen LogP) is 4.01. The number of thiophene rings is 1. The fourth-order valence-electron chi connectivity index (χ4n) is 3.46. The number of piperidine rings is 1. The number of carbonyl (C=O) groups excluding carboxylic acids is 1. The molecule has 2 atom stereocenters. The Bertz CT molecular complexity index is 652. The van der Waals surface area contributed by atoms with E-state index < -0.39 is 0 Å². The zero-order chi connectivity index (χ0) is 16.1. The predicted molar refractivity (Wildman–Crippen MR) is 105 cm³/mol. The first kappa shape index (κ1) is 19.2. The maximum atomic E-state index is 12.2. The summed E-state index contributed by atoms with van der Waals surface area (Å²) in [5.74, 6) is 1.31. The van der Waals surface area contributed by atoms with Crippen LogP contribution in [0.4, 0.5) is 0 Å². The second-order valence-corrected chi connectivity index (χ2v) is 7.56. The van der Waals surface area contributed by atoms with Crippen molar-refractivity contribution in [3.63, 3.8) is 0 Å². The van der Waals surface area contributed by atoms with Gasteiger partial charge in [0, 0.05) is 17.7 Å². The molecule has 0 bridgehead atoms. The zero-order valence-electron chi connectivity index (χ0n) is 14.2. The number of halogens is 1. The van der Waals surface area contributed by atoms with Crippen LogP contribution in [0.15, 0.2) is 29.6 Å². The van der Waals surface area contributed by atoms with Crippen LogP contribution in [0.25, 0.3) is 10.1 Å². The fourth-order valence-corrected chi connectivity index (χ4v) is 4.46. The summed E-state index contributed by atoms with van der Waals surface area (Å²) in [5.41, 5.74) is 1.34. The van der Waals surface area contributed by atoms with Crippen LogP contribution in [0.5, 0.6) is 0 Å². The molecule has 1 aliphatic rings. The maximum absolute atomic E-state index is 12.2. The Hall–Kier alpha value is -1.10. The highest BCUT2D eigenvalue weighted by Gasteiger charge is 2.21. The number of benzene rings is 1. The Morgan fingerprint density at radius 1 is 1.42 bits per heavy atom. The topological polar surface area (TPSA) is 41.1 Å². The van der Waals surface area contributed by atoms with Crippen molar-refractivity contribution >= 4 is 39.7 Å². The minimum absolute atomic E-state index is 0. The first-order valence-electron chi connectivity index (χ1n) is 8.66. The molecule has 0 spiro atoms. The van der Waals surface area contributed by atoms with E-state index in [0.717, 1.165) is 26.1 Å². The lowest BCUT2D eigenvalue weighted by Gasteiger charge is -2.28. The van der Waals surface area contributed by atoms with E-state index in [2.05, 4.69) is 47.2 Å². The van der Waals surface area contributed by atoms with Gasteiger partial charge >= 0.3 is 0 Å². The van der Waals surface area contributed by atoms with E-state index >= 15 is 0 Å². The molecule has 1 aliphatic heterocycles. The Morgan fingerprint density at radius 3 is 3.04 bits per heavy atom. The van der Waals surface area contributed by atoms with E-state index in [4.69, 9.17) is 0 Å². The van der Waals surface area contributed by atoms with Crippen LogP contribution in [-0.4, -0.2) is 25.5 Å². The third-order valence-electron chi connectivity index (χ3n) is 4.92. The number of hydrogen-bond acceptors (Lipinski definition) is 3. The number of fused-ring (bicyclic) bond motifs is 1. The molecule has 1 saturated heterocycles. The van der Waals surface area contributed by atoms with Gasteiger partial charge in [0.2, 0.25) is 5.91 Å². The molecule has 2 N–H and O–H groups in total. The molecule has 0 radical (unpaired) electrons. The number of hydrogen-bond donors (Lipinski definition) is 2. The Labute approximate surface area is 154 Å². The van der Waals surface area contributed by atoms with E-state index in [1.807, 2.05) is 0 Å². The van der Waals surface area contributed by atoms with Crippen molar-refractivity contribution in [2.24, 2.45) is 11.8 Å². The van der Waals surface area contributed by atoms with E-state index in [1.54, 1.807) is 11.3 Å². The number of nitrogens with one attached hydrogen (secondary N) is 2. The van der Waals surface area contributed by atoms with Crippen LogP contribution in [0.2, 0.25) is 0 Å². The molecule has 24 heavy (non-hydrogen) atoms. The van der Waals surface area contributed by atoms with Crippen molar-refractivity contribution in [2.75, 3.05) is 19.6 Å². The smallest absolute Gasteiger partial charge is 0.220 e. The first-order valence-corrected chi connectivity index (χ1v) is 9.54. The van der Waals surface area contributed by atoms with E-state index in [9.17, 15) is 4.79 Å². The van der Waals surface area contributed by atoms with Crippen molar-refractivity contribution in [3.8, 4) is 0 Å². The zero-order valence-corrected chi connectivity index (χ0v) is 15.8. The lowest BCUT2D eigenvalue weighted by atomic mass is 9.85. The summed E-state index contributed by atoms with van der Waals surface area (Å²) < 4.78 is 1.33. The Balaban J connectivity index is 0.00000208. The Morgan fingerprint density at radius 2 is 2.25 bits per heavy atom. The standard InChI is InChI=1S/C19H26N2OS.ClH/c1-14(15-5-4-9-20-12-15)11-19(22)21-10-8-16-13-23-18-7-3-2-6-17(16)18;/h2-3,6-7,13-15,20H,4-5,8-12H2,1H3,(H,21,22);1H. The molecule has 0 aliphatic carbocycles. The highest BCUT2D eigenvalue weighted by atomic mass is 35.5. The quantitative estimate of drug-likeness (QED) is 0.811. The van der Waals surface area contributed by atoms with Gasteiger partial charge in [-0.15, -0.1) is 23.7 Å². The van der Waals surface area contributed by atoms with Gasteiger partial charge in [-0.2, -0.15) is 0 Å². The van der Waals surface area contributed by atoms with Crippen LogP contribution < -0.4 is 10.6 Å². The van der Waals surface area contributed by atoms with Crippen LogP contribution in [0, 0.1) is 11.8 Å². The summed E-state index contributed by atoms with van der Waals surface area (Å²) >= 11 is 1.78. The van der Waals surface area contributed by atoms with Crippen molar-refractivity contribution in [2.45, 2.75) is 32.6 Å². The van der Waals surface area contributed by atoms with Crippen LogP contribution in [-0.2, 0) is 11.2 Å². The van der Waals surface area contributed by atoms with Gasteiger partial charge in [0.25, 0.3) is 0 Å². The van der Waals surface area contributed by atoms with Crippen LogP contribution in [0.1, 0.15) is 31.7 Å². The van der Waals surface area contributed by atoms with Crippen molar-refractivity contribution in [1.82, 2.24) is 10.6 Å². The molecular formula is C19H27ClN2OS. The molecule has 3 nitrogen and oxygen atoms in total. The van der Waals surface area contributed by atoms with Crippen molar-refractivity contribution < 1.29 is 4.79 Å². The van der Waals surface area contributed by atoms with Crippen molar-refractivity contribution in [3.05, 3.63) is 35.2 Å². The average molecular weight is 367 g/mol. The van der Waals surface area contributed by atoms with Gasteiger partial charge in [-0.1, -0.05) is 25.1 Å². The van der Waals surface area contributed by atoms with Crippen LogP contribution >= 0.6 is 23.7 Å². The van der Waals surface area contributed by atoms with Gasteiger partial charge in [0.15, 0.2) is 0 Å². The lowest BCUT2D eigenvalue weighted by Crippen LogP contribution is -2.36. The van der Waals surface area contributed by atoms with Crippen LogP contribution in [0.3, 0.4) is 0 Å². The number of rotatable bonds is 6. The Kier molecular flexibility index (Phi) is 7.53. The normalized spacial score (nSPS) is 18.8. The van der Waals surface area contributed by atoms with Gasteiger partial charge < -0.3 is 10.6 Å². The minimum atomic E-state index is 0. The van der Waals surface area contributed by atoms with Gasteiger partial charge in [-0.3, -0.25) is 4.79 Å². The third kappa shape index (κ3) is 4.95. The highest BCUT2D eigenvalue weighted by molar-refractivity contribution is 7.17. The largest absolute Gasteiger partial charge is 0.356 e. The van der Waals surface area contributed by atoms with E-state index in [1.165, 1.54) is 28.5 Å². The second kappa shape index (κ2) is 9.40. The summed E-state index contributed by atoms with van der Waals surface area (Å²) in [7, 11) is 0. The van der Waals surface area contributed by atoms with Gasteiger partial charge in [0.05, 0.1) is 0 Å². The molecular weight excluding hydrogens is 340 g/mol. The number of carbonyl (C=O) groups is 1. The van der Waals surface area contributed by atoms with Gasteiger partial charge in [-0.25, -0.2) is 0 Å². The lowest BCUT2D eigenvalue weighted by molar-refractivity contribution is -0.122. The molecule has 2 unspecified atom stereocenters. The number of amides is 1. The van der Waals surface area contributed by atoms with E-state index in [-0.39, 0.29) is 18.3 Å². The molecule has 2 aromatic rings. The molecule has 5 heteroatoms. The summed E-state index contributed by atoms with van der Waals surface area (Å²) in [6, 6.07) is 8.48. The molecule has 3 rings (SSSR count). The third-order valence-corrected chi connectivity index (χ3v) is 5.94. The second-order valence-electron chi connectivity index (χ2n) is 6.64. The SMILES string of the molecule is CC(CC(=O)NCCc1csc2ccccc12)C1CCCNC1.Cl. The molecule has 0 saturated carbocycles. The summed E-state index contributed by atoms with van der Waals surface area (Å²) in [4.78, 5) is 12.2. The van der Waals surface area contributed by atoms with Gasteiger partial charge in [-0.05, 0) is 66.6 Å². The summed E-state index contributed by atoms with van der Waals surface area (Å²) in [6.45, 7) is 5.14. The first-order chi connectivity index (χ1) is 11.2. The van der Waals surface area contributed by atoms with Crippen molar-refractivity contribution in [1.29, 1.82) is 0 Å². The molecule has 1 aromatic heterocycles. The molecule has 2 heterocycles. The molecule has 1 fully saturated rings. The molecule has 132 valence electrons. The highest BCUT2D eigenvalue weighted by Crippen LogP contribution is 2.26. The molecule has 1 aromatic carbocycles. The summed E-state index contributed by atoms with van der Waals surface area (Å²) in [6.07, 6.45) is 4.05.